The minimum Gasteiger partial charge on any atom is -0.481 e. The number of rotatable bonds is 3. The summed E-state index contributed by atoms with van der Waals surface area (Å²) < 4.78 is 16.2. The average Bonchev–Trinajstić information content (AvgIpc) is 3.03. The molecule has 2 aromatic rings. The quantitative estimate of drug-likeness (QED) is 0.863. The number of benzene rings is 1. The summed E-state index contributed by atoms with van der Waals surface area (Å²) in [5, 5.41) is 13.8. The van der Waals surface area contributed by atoms with Crippen LogP contribution < -0.4 is 0 Å². The van der Waals surface area contributed by atoms with Gasteiger partial charge in [0.2, 0.25) is 0 Å². The van der Waals surface area contributed by atoms with E-state index in [4.69, 9.17) is 0 Å². The summed E-state index contributed by atoms with van der Waals surface area (Å²) in [7, 11) is 0. The highest BCUT2D eigenvalue weighted by molar-refractivity contribution is 5.94. The molecule has 1 aromatic heterocycles. The van der Waals surface area contributed by atoms with Gasteiger partial charge in [0.25, 0.3) is 5.91 Å². The molecule has 1 aliphatic heterocycles. The average molecular weight is 397 g/mol. The molecule has 1 atom stereocenters. The highest BCUT2D eigenvalue weighted by Gasteiger charge is 2.59. The number of para-hydroxylation sites is 1. The highest BCUT2D eigenvalue weighted by atomic mass is 19.1. The fourth-order valence-corrected chi connectivity index (χ4v) is 5.24. The normalized spacial score (nSPS) is 22.0. The van der Waals surface area contributed by atoms with Crippen molar-refractivity contribution in [3.63, 3.8) is 0 Å². The Balaban J connectivity index is 1.43. The van der Waals surface area contributed by atoms with Crippen molar-refractivity contribution in [2.45, 2.75) is 45.4 Å². The van der Waals surface area contributed by atoms with Gasteiger partial charge in [-0.3, -0.25) is 9.59 Å². The molecule has 2 heterocycles. The molecule has 152 valence electrons. The van der Waals surface area contributed by atoms with Gasteiger partial charge in [0.15, 0.2) is 5.69 Å². The number of aliphatic carboxylic acids is 1. The molecule has 3 aliphatic rings. The largest absolute Gasteiger partial charge is 0.481 e. The molecular formula is C22H24FN3O3. The number of amides is 1. The van der Waals surface area contributed by atoms with Crippen molar-refractivity contribution >= 4 is 11.9 Å². The van der Waals surface area contributed by atoms with Gasteiger partial charge in [0.1, 0.15) is 11.5 Å². The lowest BCUT2D eigenvalue weighted by Gasteiger charge is -2.32. The Morgan fingerprint density at radius 1 is 1.24 bits per heavy atom. The van der Waals surface area contributed by atoms with E-state index in [0.717, 1.165) is 55.3 Å². The van der Waals surface area contributed by atoms with Crippen LogP contribution in [0.15, 0.2) is 18.2 Å². The number of fused-ring (bicyclic) bond motifs is 1. The number of aromatic nitrogens is 2. The second-order valence-corrected chi connectivity index (χ2v) is 8.69. The molecule has 1 spiro atoms. The molecule has 2 fully saturated rings. The third-order valence-electron chi connectivity index (χ3n) is 7.07. The van der Waals surface area contributed by atoms with E-state index >= 15 is 0 Å². The summed E-state index contributed by atoms with van der Waals surface area (Å²) in [5.74, 6) is -1.43. The third kappa shape index (κ3) is 2.78. The standard InChI is InChI=1S/C22H24FN3O3/c1-13-4-2-6-16(23)19(13)26-17-7-3-5-14(17)18(24-26)20(27)25-10-8-22(9-11-25)12-15(22)21(28)29/h2,4,6,15H,3,5,7-12H2,1H3,(H,28,29). The molecule has 1 amide bonds. The Kier molecular flexibility index (Phi) is 4.05. The van der Waals surface area contributed by atoms with Crippen LogP contribution >= 0.6 is 0 Å². The summed E-state index contributed by atoms with van der Waals surface area (Å²) >= 11 is 0. The van der Waals surface area contributed by atoms with Gasteiger partial charge in [0, 0.05) is 24.3 Å². The van der Waals surface area contributed by atoms with Crippen molar-refractivity contribution < 1.29 is 19.1 Å². The van der Waals surface area contributed by atoms with Gasteiger partial charge in [-0.1, -0.05) is 12.1 Å². The molecule has 7 heteroatoms. The van der Waals surface area contributed by atoms with Gasteiger partial charge in [-0.15, -0.1) is 0 Å². The fraction of sp³-hybridized carbons (Fsp3) is 0.500. The van der Waals surface area contributed by atoms with Crippen molar-refractivity contribution in [1.82, 2.24) is 14.7 Å². The van der Waals surface area contributed by atoms with Crippen LogP contribution in [0.1, 0.15) is 53.0 Å². The summed E-state index contributed by atoms with van der Waals surface area (Å²) in [5.41, 5.74) is 3.39. The van der Waals surface area contributed by atoms with E-state index in [0.29, 0.717) is 24.5 Å². The molecule has 1 saturated heterocycles. The fourth-order valence-electron chi connectivity index (χ4n) is 5.24. The minimum atomic E-state index is -0.721. The molecule has 5 rings (SSSR count). The number of piperidine rings is 1. The molecular weight excluding hydrogens is 373 g/mol. The second-order valence-electron chi connectivity index (χ2n) is 8.69. The Hall–Kier alpha value is -2.70. The van der Waals surface area contributed by atoms with Gasteiger partial charge in [-0.25, -0.2) is 9.07 Å². The lowest BCUT2D eigenvalue weighted by molar-refractivity contribution is -0.139. The van der Waals surface area contributed by atoms with Gasteiger partial charge in [0.05, 0.1) is 5.92 Å². The first-order valence-corrected chi connectivity index (χ1v) is 10.3. The number of hydrogen-bond donors (Lipinski definition) is 1. The van der Waals surface area contributed by atoms with Crippen molar-refractivity contribution in [3.8, 4) is 5.69 Å². The van der Waals surface area contributed by atoms with Crippen LogP contribution in [0, 0.1) is 24.1 Å². The van der Waals surface area contributed by atoms with Gasteiger partial charge >= 0.3 is 5.97 Å². The van der Waals surface area contributed by atoms with Crippen LogP contribution in [0.2, 0.25) is 0 Å². The number of carbonyl (C=O) groups is 2. The summed E-state index contributed by atoms with van der Waals surface area (Å²) in [6, 6.07) is 4.95. The van der Waals surface area contributed by atoms with Crippen molar-refractivity contribution in [2.24, 2.45) is 11.3 Å². The summed E-state index contributed by atoms with van der Waals surface area (Å²) in [6.07, 6.45) is 4.68. The van der Waals surface area contributed by atoms with Crippen molar-refractivity contribution in [1.29, 1.82) is 0 Å². The predicted molar refractivity (Wildman–Crippen MR) is 104 cm³/mol. The molecule has 0 bridgehead atoms. The van der Waals surface area contributed by atoms with Crippen LogP contribution in [-0.2, 0) is 17.6 Å². The number of halogens is 1. The second kappa shape index (κ2) is 6.40. The Bertz CT molecular complexity index is 1000. The molecule has 1 aromatic carbocycles. The van der Waals surface area contributed by atoms with E-state index in [1.54, 1.807) is 15.6 Å². The lowest BCUT2D eigenvalue weighted by Crippen LogP contribution is -2.40. The van der Waals surface area contributed by atoms with E-state index in [1.165, 1.54) is 6.07 Å². The number of hydrogen-bond acceptors (Lipinski definition) is 3. The van der Waals surface area contributed by atoms with Crippen molar-refractivity contribution in [2.75, 3.05) is 13.1 Å². The first-order chi connectivity index (χ1) is 13.9. The number of nitrogens with zero attached hydrogens (tertiary/aromatic N) is 3. The highest BCUT2D eigenvalue weighted by Crippen LogP contribution is 2.59. The summed E-state index contributed by atoms with van der Waals surface area (Å²) in [6.45, 7) is 2.97. The van der Waals surface area contributed by atoms with Crippen molar-refractivity contribution in [3.05, 3.63) is 46.5 Å². The first kappa shape index (κ1) is 18.3. The molecule has 29 heavy (non-hydrogen) atoms. The van der Waals surface area contributed by atoms with E-state index in [-0.39, 0.29) is 23.1 Å². The molecule has 1 saturated carbocycles. The molecule has 6 nitrogen and oxygen atoms in total. The third-order valence-corrected chi connectivity index (χ3v) is 7.07. The van der Waals surface area contributed by atoms with Gasteiger partial charge in [-0.2, -0.15) is 5.10 Å². The zero-order valence-corrected chi connectivity index (χ0v) is 16.4. The zero-order chi connectivity index (χ0) is 20.3. The smallest absolute Gasteiger partial charge is 0.307 e. The Morgan fingerprint density at radius 3 is 2.66 bits per heavy atom. The topological polar surface area (TPSA) is 75.4 Å². The van der Waals surface area contributed by atoms with Crippen LogP contribution in [0.25, 0.3) is 5.69 Å². The Morgan fingerprint density at radius 2 is 2.00 bits per heavy atom. The molecule has 1 unspecified atom stereocenters. The SMILES string of the molecule is Cc1cccc(F)c1-n1nc(C(=O)N2CCC3(CC2)CC3C(=O)O)c2c1CCC2. The van der Waals surface area contributed by atoms with Crippen LogP contribution in [-0.4, -0.2) is 44.8 Å². The predicted octanol–water partition coefficient (Wildman–Crippen LogP) is 3.14. The minimum absolute atomic E-state index is 0.113. The number of likely N-dealkylation sites (tertiary alicyclic amines) is 1. The zero-order valence-electron chi connectivity index (χ0n) is 16.4. The number of carbonyl (C=O) groups excluding carboxylic acids is 1. The molecule has 2 aliphatic carbocycles. The lowest BCUT2D eigenvalue weighted by atomic mass is 9.90. The van der Waals surface area contributed by atoms with E-state index < -0.39 is 5.97 Å². The summed E-state index contributed by atoms with van der Waals surface area (Å²) in [4.78, 5) is 26.3. The van der Waals surface area contributed by atoms with Crippen LogP contribution in [0.5, 0.6) is 0 Å². The first-order valence-electron chi connectivity index (χ1n) is 10.3. The number of carboxylic acid groups (broad SMARTS) is 1. The molecule has 0 radical (unpaired) electrons. The van der Waals surface area contributed by atoms with Gasteiger partial charge in [-0.05, 0) is 62.5 Å². The van der Waals surface area contributed by atoms with E-state index in [2.05, 4.69) is 5.10 Å². The molecule has 1 N–H and O–H groups in total. The van der Waals surface area contributed by atoms with Crippen LogP contribution in [0.4, 0.5) is 4.39 Å². The van der Waals surface area contributed by atoms with E-state index in [9.17, 15) is 19.1 Å². The van der Waals surface area contributed by atoms with Gasteiger partial charge < -0.3 is 10.0 Å². The maximum absolute atomic E-state index is 14.6. The maximum Gasteiger partial charge on any atom is 0.307 e. The maximum atomic E-state index is 14.6. The van der Waals surface area contributed by atoms with E-state index in [1.807, 2.05) is 13.0 Å². The van der Waals surface area contributed by atoms with Crippen LogP contribution in [0.3, 0.4) is 0 Å². The number of aryl methyl sites for hydroxylation is 1. The number of carboxylic acids is 1. The monoisotopic (exact) mass is 397 g/mol. The Labute approximate surface area is 168 Å².